The van der Waals surface area contributed by atoms with E-state index >= 15 is 0 Å². The van der Waals surface area contributed by atoms with E-state index in [9.17, 15) is 19.5 Å². The number of benzene rings is 3. The Bertz CT molecular complexity index is 1370. The molecule has 3 unspecified atom stereocenters. The van der Waals surface area contributed by atoms with Crippen LogP contribution in [0.3, 0.4) is 0 Å². The van der Waals surface area contributed by atoms with E-state index in [1.54, 1.807) is 24.3 Å². The van der Waals surface area contributed by atoms with Gasteiger partial charge in [-0.1, -0.05) is 42.5 Å². The lowest BCUT2D eigenvalue weighted by atomic mass is 9.48. The van der Waals surface area contributed by atoms with Crippen molar-refractivity contribution in [3.63, 3.8) is 0 Å². The van der Waals surface area contributed by atoms with Crippen LogP contribution in [0.25, 0.3) is 11.1 Å². The van der Waals surface area contributed by atoms with E-state index in [4.69, 9.17) is 4.74 Å². The molecule has 0 heterocycles. The second-order valence-electron chi connectivity index (χ2n) is 11.6. The van der Waals surface area contributed by atoms with Gasteiger partial charge in [0.1, 0.15) is 11.9 Å². The first-order chi connectivity index (χ1) is 19.4. The first kappa shape index (κ1) is 26.1. The van der Waals surface area contributed by atoms with Gasteiger partial charge in [0.15, 0.2) is 0 Å². The van der Waals surface area contributed by atoms with Crippen LogP contribution in [0.4, 0.5) is 0 Å². The van der Waals surface area contributed by atoms with Crippen molar-refractivity contribution in [2.75, 3.05) is 13.1 Å². The normalized spacial score (nSPS) is 26.2. The van der Waals surface area contributed by atoms with Gasteiger partial charge < -0.3 is 20.5 Å². The molecule has 0 saturated heterocycles. The molecular weight excluding hydrogens is 504 g/mol. The molecule has 4 saturated carbocycles. The molecule has 3 aromatic carbocycles. The average Bonchev–Trinajstić information content (AvgIpc) is 2.97. The summed E-state index contributed by atoms with van der Waals surface area (Å²) in [6.45, 7) is 0.623. The standard InChI is InChI=1S/C33H34N2O5/c36-30(24-8-6-23(7-9-24)22-4-2-1-3-5-22)34-14-15-35-31(37)25-10-12-28(13-11-25)40-29-26-16-21-17-27(29)20-33(18-21,19-26)32(38)39/h1-13,21,26-27,29H,14-20H2,(H,34,36)(H,35,37)(H,38,39)/t21?,26-,27+,29?,33?. The Morgan fingerprint density at radius 3 is 1.80 bits per heavy atom. The van der Waals surface area contributed by atoms with Gasteiger partial charge in [-0.15, -0.1) is 0 Å². The van der Waals surface area contributed by atoms with Crippen molar-refractivity contribution in [3.8, 4) is 16.9 Å². The lowest BCUT2D eigenvalue weighted by molar-refractivity contribution is -0.175. The second-order valence-corrected chi connectivity index (χ2v) is 11.6. The number of amides is 2. The van der Waals surface area contributed by atoms with Crippen molar-refractivity contribution in [1.29, 1.82) is 0 Å². The molecule has 40 heavy (non-hydrogen) atoms. The number of carboxylic acid groups (broad SMARTS) is 1. The highest BCUT2D eigenvalue weighted by Crippen LogP contribution is 2.60. The third kappa shape index (κ3) is 5.20. The van der Waals surface area contributed by atoms with Crippen molar-refractivity contribution in [2.45, 2.75) is 38.2 Å². The fraction of sp³-hybridized carbons (Fsp3) is 0.364. The maximum absolute atomic E-state index is 12.6. The van der Waals surface area contributed by atoms with Gasteiger partial charge in [0.05, 0.1) is 5.41 Å². The molecule has 0 aliphatic heterocycles. The van der Waals surface area contributed by atoms with Crippen LogP contribution in [-0.2, 0) is 4.79 Å². The van der Waals surface area contributed by atoms with Crippen molar-refractivity contribution in [3.05, 3.63) is 90.0 Å². The summed E-state index contributed by atoms with van der Waals surface area (Å²) in [5.74, 6) is 0.733. The van der Waals surface area contributed by atoms with E-state index in [1.165, 1.54) is 0 Å². The number of nitrogens with one attached hydrogen (secondary N) is 2. The SMILES string of the molecule is O=C(NCCNC(=O)c1ccc(-c2ccccc2)cc1)c1ccc(OC2[C@@H]3CC4C[C@H]2CC(C(=O)O)(C4)C3)cc1. The van der Waals surface area contributed by atoms with Crippen molar-refractivity contribution in [1.82, 2.24) is 10.6 Å². The molecular formula is C33H34N2O5. The first-order valence-corrected chi connectivity index (χ1v) is 14.1. The predicted molar refractivity (Wildman–Crippen MR) is 151 cm³/mol. The lowest BCUT2D eigenvalue weighted by Gasteiger charge is -2.57. The lowest BCUT2D eigenvalue weighted by Crippen LogP contribution is -2.57. The van der Waals surface area contributed by atoms with E-state index in [1.807, 2.05) is 54.6 Å². The highest BCUT2D eigenvalue weighted by Gasteiger charge is 2.59. The zero-order valence-corrected chi connectivity index (χ0v) is 22.3. The Kier molecular flexibility index (Phi) is 7.05. The third-order valence-corrected chi connectivity index (χ3v) is 8.98. The third-order valence-electron chi connectivity index (χ3n) is 8.98. The van der Waals surface area contributed by atoms with E-state index < -0.39 is 11.4 Å². The fourth-order valence-corrected chi connectivity index (χ4v) is 7.27. The Balaban J connectivity index is 0.960. The predicted octanol–water partition coefficient (Wildman–Crippen LogP) is 5.17. The minimum Gasteiger partial charge on any atom is -0.490 e. The monoisotopic (exact) mass is 538 g/mol. The van der Waals surface area contributed by atoms with Crippen molar-refractivity contribution < 1.29 is 24.2 Å². The van der Waals surface area contributed by atoms with Gasteiger partial charge in [-0.25, -0.2) is 0 Å². The Morgan fingerprint density at radius 2 is 1.25 bits per heavy atom. The molecule has 3 aromatic rings. The molecule has 206 valence electrons. The van der Waals surface area contributed by atoms with Crippen LogP contribution in [-0.4, -0.2) is 42.1 Å². The van der Waals surface area contributed by atoms with E-state index in [-0.39, 0.29) is 29.8 Å². The Hall–Kier alpha value is -4.13. The molecule has 7 rings (SSSR count). The minimum atomic E-state index is -0.641. The smallest absolute Gasteiger partial charge is 0.309 e. The van der Waals surface area contributed by atoms with Crippen LogP contribution in [0.5, 0.6) is 5.75 Å². The molecule has 0 aromatic heterocycles. The maximum Gasteiger partial charge on any atom is 0.309 e. The van der Waals surface area contributed by atoms with Gasteiger partial charge in [0.25, 0.3) is 11.8 Å². The summed E-state index contributed by atoms with van der Waals surface area (Å²) in [5.41, 5.74) is 2.68. The summed E-state index contributed by atoms with van der Waals surface area (Å²) in [7, 11) is 0. The van der Waals surface area contributed by atoms with E-state index in [2.05, 4.69) is 10.6 Å². The molecule has 0 spiro atoms. The summed E-state index contributed by atoms with van der Waals surface area (Å²) < 4.78 is 6.38. The summed E-state index contributed by atoms with van der Waals surface area (Å²) in [4.78, 5) is 37.1. The van der Waals surface area contributed by atoms with Gasteiger partial charge in [0.2, 0.25) is 0 Å². The highest BCUT2D eigenvalue weighted by atomic mass is 16.5. The highest BCUT2D eigenvalue weighted by molar-refractivity contribution is 5.95. The van der Waals surface area contributed by atoms with Crippen LogP contribution >= 0.6 is 0 Å². The van der Waals surface area contributed by atoms with E-state index in [0.717, 1.165) is 30.4 Å². The number of rotatable bonds is 9. The molecule has 7 heteroatoms. The van der Waals surface area contributed by atoms with Crippen molar-refractivity contribution in [2.24, 2.45) is 23.2 Å². The summed E-state index contributed by atoms with van der Waals surface area (Å²) in [6.07, 6.45) is 4.36. The number of aliphatic carboxylic acids is 1. The zero-order valence-electron chi connectivity index (χ0n) is 22.3. The largest absolute Gasteiger partial charge is 0.490 e. The number of hydrogen-bond acceptors (Lipinski definition) is 4. The van der Waals surface area contributed by atoms with Gasteiger partial charge in [-0.3, -0.25) is 14.4 Å². The van der Waals surface area contributed by atoms with E-state index in [0.29, 0.717) is 48.7 Å². The second kappa shape index (κ2) is 10.8. The first-order valence-electron chi connectivity index (χ1n) is 14.1. The van der Waals surface area contributed by atoms with Crippen LogP contribution in [0.15, 0.2) is 78.9 Å². The van der Waals surface area contributed by atoms with Crippen LogP contribution in [0.1, 0.15) is 52.8 Å². The average molecular weight is 539 g/mol. The molecule has 4 fully saturated rings. The number of carboxylic acids is 1. The van der Waals surface area contributed by atoms with Gasteiger partial charge in [0, 0.05) is 24.2 Å². The number of ether oxygens (including phenoxy) is 1. The number of carbonyl (C=O) groups is 3. The molecule has 4 aliphatic rings. The molecule has 7 nitrogen and oxygen atoms in total. The number of hydrogen-bond donors (Lipinski definition) is 3. The van der Waals surface area contributed by atoms with Gasteiger partial charge >= 0.3 is 5.97 Å². The summed E-state index contributed by atoms with van der Waals surface area (Å²) in [6, 6.07) is 24.5. The topological polar surface area (TPSA) is 105 Å². The van der Waals surface area contributed by atoms with Crippen LogP contribution in [0.2, 0.25) is 0 Å². The molecule has 4 bridgehead atoms. The van der Waals surface area contributed by atoms with Crippen LogP contribution in [0, 0.1) is 23.2 Å². The molecule has 0 radical (unpaired) electrons. The molecule has 5 atom stereocenters. The minimum absolute atomic E-state index is 0.0434. The summed E-state index contributed by atoms with van der Waals surface area (Å²) in [5, 5.41) is 15.5. The Morgan fingerprint density at radius 1 is 0.725 bits per heavy atom. The summed E-state index contributed by atoms with van der Waals surface area (Å²) >= 11 is 0. The molecule has 3 N–H and O–H groups in total. The van der Waals surface area contributed by atoms with Gasteiger partial charge in [-0.2, -0.15) is 0 Å². The molecule has 2 amide bonds. The molecule has 4 aliphatic carbocycles. The Labute approximate surface area is 233 Å². The fourth-order valence-electron chi connectivity index (χ4n) is 7.27. The van der Waals surface area contributed by atoms with Gasteiger partial charge in [-0.05, 0) is 97.4 Å². The van der Waals surface area contributed by atoms with Crippen LogP contribution < -0.4 is 15.4 Å². The van der Waals surface area contributed by atoms with Crippen molar-refractivity contribution >= 4 is 17.8 Å². The number of carbonyl (C=O) groups excluding carboxylic acids is 2. The zero-order chi connectivity index (χ0) is 27.7. The maximum atomic E-state index is 12.6. The quantitative estimate of drug-likeness (QED) is 0.326.